The summed E-state index contributed by atoms with van der Waals surface area (Å²) in [6.07, 6.45) is 2.78. The zero-order valence-corrected chi connectivity index (χ0v) is 13.5. The lowest BCUT2D eigenvalue weighted by atomic mass is 9.83. The zero-order chi connectivity index (χ0) is 16.7. The smallest absolute Gasteiger partial charge is 0.254 e. The first kappa shape index (κ1) is 14.9. The van der Waals surface area contributed by atoms with Gasteiger partial charge in [0.25, 0.3) is 5.91 Å². The molecule has 1 saturated heterocycles. The fourth-order valence-corrected chi connectivity index (χ4v) is 3.40. The van der Waals surface area contributed by atoms with Crippen molar-refractivity contribution in [2.24, 2.45) is 0 Å². The SMILES string of the molecule is CCc1cc(C(=O)N2CC3(CC(=O)c4ccccc4O3)C2)ccn1. The van der Waals surface area contributed by atoms with Crippen LogP contribution in [0, 0.1) is 0 Å². The van der Waals surface area contributed by atoms with Crippen LogP contribution in [0.1, 0.15) is 39.8 Å². The van der Waals surface area contributed by atoms with Crippen molar-refractivity contribution < 1.29 is 14.3 Å². The van der Waals surface area contributed by atoms with Gasteiger partial charge in [-0.2, -0.15) is 0 Å². The van der Waals surface area contributed by atoms with Gasteiger partial charge in [0.05, 0.1) is 25.1 Å². The van der Waals surface area contributed by atoms with Crippen molar-refractivity contribution in [2.45, 2.75) is 25.4 Å². The van der Waals surface area contributed by atoms with E-state index in [-0.39, 0.29) is 11.7 Å². The summed E-state index contributed by atoms with van der Waals surface area (Å²) in [4.78, 5) is 30.9. The Balaban J connectivity index is 1.50. The van der Waals surface area contributed by atoms with Crippen LogP contribution in [0.25, 0.3) is 0 Å². The van der Waals surface area contributed by atoms with E-state index in [0.717, 1.165) is 12.1 Å². The molecule has 5 nitrogen and oxygen atoms in total. The molecule has 1 spiro atoms. The maximum Gasteiger partial charge on any atom is 0.254 e. The Morgan fingerprint density at radius 1 is 1.29 bits per heavy atom. The van der Waals surface area contributed by atoms with Crippen molar-refractivity contribution >= 4 is 11.7 Å². The zero-order valence-electron chi connectivity index (χ0n) is 13.5. The van der Waals surface area contributed by atoms with Crippen molar-refractivity contribution in [3.8, 4) is 5.75 Å². The van der Waals surface area contributed by atoms with E-state index in [1.807, 2.05) is 31.2 Å². The normalized spacial score (nSPS) is 17.9. The number of hydrogen-bond acceptors (Lipinski definition) is 4. The molecule has 5 heteroatoms. The molecule has 0 radical (unpaired) electrons. The van der Waals surface area contributed by atoms with E-state index < -0.39 is 5.60 Å². The summed E-state index contributed by atoms with van der Waals surface area (Å²) in [5.74, 6) is 0.673. The standard InChI is InChI=1S/C19H18N2O3/c1-2-14-9-13(7-8-20-14)18(23)21-11-19(12-21)10-16(22)15-5-3-4-6-17(15)24-19/h3-9H,2,10-12H2,1H3. The Hall–Kier alpha value is -2.69. The fraction of sp³-hybridized carbons (Fsp3) is 0.316. The lowest BCUT2D eigenvalue weighted by Crippen LogP contribution is -2.68. The number of pyridine rings is 1. The van der Waals surface area contributed by atoms with E-state index in [4.69, 9.17) is 4.74 Å². The predicted molar refractivity (Wildman–Crippen MR) is 88.3 cm³/mol. The predicted octanol–water partition coefficient (Wildman–Crippen LogP) is 2.50. The number of ether oxygens (including phenoxy) is 1. The van der Waals surface area contributed by atoms with Gasteiger partial charge < -0.3 is 9.64 Å². The maximum atomic E-state index is 12.6. The second-order valence-electron chi connectivity index (χ2n) is 6.43. The van der Waals surface area contributed by atoms with Crippen molar-refractivity contribution in [3.63, 3.8) is 0 Å². The minimum atomic E-state index is -0.568. The van der Waals surface area contributed by atoms with Gasteiger partial charge >= 0.3 is 0 Å². The summed E-state index contributed by atoms with van der Waals surface area (Å²) in [5.41, 5.74) is 1.60. The average molecular weight is 322 g/mol. The molecule has 1 amide bonds. The van der Waals surface area contributed by atoms with E-state index in [2.05, 4.69) is 4.98 Å². The molecule has 122 valence electrons. The molecule has 1 aromatic carbocycles. The first-order chi connectivity index (χ1) is 11.6. The van der Waals surface area contributed by atoms with Crippen LogP contribution in [0.15, 0.2) is 42.6 Å². The van der Waals surface area contributed by atoms with E-state index in [0.29, 0.717) is 36.4 Å². The lowest BCUT2D eigenvalue weighted by molar-refractivity contribution is -0.0656. The number of aryl methyl sites for hydroxylation is 1. The Labute approximate surface area is 140 Å². The molecule has 2 aromatic rings. The molecule has 0 saturated carbocycles. The number of aromatic nitrogens is 1. The highest BCUT2D eigenvalue weighted by molar-refractivity contribution is 6.01. The number of benzene rings is 1. The number of carbonyl (C=O) groups excluding carboxylic acids is 2. The van der Waals surface area contributed by atoms with Gasteiger partial charge in [-0.3, -0.25) is 14.6 Å². The van der Waals surface area contributed by atoms with Crippen molar-refractivity contribution in [1.82, 2.24) is 9.88 Å². The number of amides is 1. The van der Waals surface area contributed by atoms with E-state index in [9.17, 15) is 9.59 Å². The van der Waals surface area contributed by atoms with Gasteiger partial charge in [-0.15, -0.1) is 0 Å². The molecule has 1 fully saturated rings. The minimum Gasteiger partial charge on any atom is -0.482 e. The Kier molecular flexibility index (Phi) is 3.37. The summed E-state index contributed by atoms with van der Waals surface area (Å²) in [5, 5.41) is 0. The minimum absolute atomic E-state index is 0.0346. The highest BCUT2D eigenvalue weighted by Gasteiger charge is 2.51. The fourth-order valence-electron chi connectivity index (χ4n) is 3.40. The summed E-state index contributed by atoms with van der Waals surface area (Å²) in [7, 11) is 0. The molecular weight excluding hydrogens is 304 g/mol. The molecule has 2 aliphatic heterocycles. The molecule has 0 unspecified atom stereocenters. The highest BCUT2D eigenvalue weighted by atomic mass is 16.5. The average Bonchev–Trinajstić information content (AvgIpc) is 2.59. The van der Waals surface area contributed by atoms with Crippen molar-refractivity contribution in [3.05, 3.63) is 59.4 Å². The second-order valence-corrected chi connectivity index (χ2v) is 6.43. The summed E-state index contributed by atoms with van der Waals surface area (Å²) in [6, 6.07) is 10.9. The Morgan fingerprint density at radius 3 is 2.88 bits per heavy atom. The van der Waals surface area contributed by atoms with Gasteiger partial charge in [0.1, 0.15) is 5.75 Å². The molecule has 1 aromatic heterocycles. The molecule has 0 aliphatic carbocycles. The van der Waals surface area contributed by atoms with Crippen LogP contribution in [0.2, 0.25) is 0 Å². The molecular formula is C19H18N2O3. The van der Waals surface area contributed by atoms with E-state index >= 15 is 0 Å². The number of ketones is 1. The number of hydrogen-bond donors (Lipinski definition) is 0. The topological polar surface area (TPSA) is 59.5 Å². The summed E-state index contributed by atoms with van der Waals surface area (Å²) >= 11 is 0. The third-order valence-corrected chi connectivity index (χ3v) is 4.67. The Morgan fingerprint density at radius 2 is 2.08 bits per heavy atom. The largest absolute Gasteiger partial charge is 0.482 e. The summed E-state index contributed by atoms with van der Waals surface area (Å²) < 4.78 is 6.06. The number of carbonyl (C=O) groups is 2. The number of nitrogens with zero attached hydrogens (tertiary/aromatic N) is 2. The number of Topliss-reactive ketones (excluding diaryl/α,β-unsaturated/α-hetero) is 1. The molecule has 0 bridgehead atoms. The van der Waals surface area contributed by atoms with Crippen LogP contribution in [-0.2, 0) is 6.42 Å². The number of rotatable bonds is 2. The summed E-state index contributed by atoms with van der Waals surface area (Å²) in [6.45, 7) is 2.89. The number of fused-ring (bicyclic) bond motifs is 1. The molecule has 4 rings (SSSR count). The molecule has 3 heterocycles. The van der Waals surface area contributed by atoms with E-state index in [1.54, 1.807) is 23.2 Å². The van der Waals surface area contributed by atoms with Gasteiger partial charge in [0.15, 0.2) is 11.4 Å². The first-order valence-corrected chi connectivity index (χ1v) is 8.16. The number of para-hydroxylation sites is 1. The molecule has 0 atom stereocenters. The molecule has 24 heavy (non-hydrogen) atoms. The van der Waals surface area contributed by atoms with Gasteiger partial charge in [-0.1, -0.05) is 19.1 Å². The third-order valence-electron chi connectivity index (χ3n) is 4.67. The van der Waals surface area contributed by atoms with Gasteiger partial charge in [0.2, 0.25) is 0 Å². The van der Waals surface area contributed by atoms with E-state index in [1.165, 1.54) is 0 Å². The number of likely N-dealkylation sites (tertiary alicyclic amines) is 1. The second kappa shape index (κ2) is 5.44. The first-order valence-electron chi connectivity index (χ1n) is 8.16. The van der Waals surface area contributed by atoms with Gasteiger partial charge in [0, 0.05) is 17.5 Å². The Bertz CT molecular complexity index is 825. The van der Waals surface area contributed by atoms with Gasteiger partial charge in [-0.25, -0.2) is 0 Å². The van der Waals surface area contributed by atoms with Crippen LogP contribution in [0.4, 0.5) is 0 Å². The van der Waals surface area contributed by atoms with Crippen LogP contribution in [0.3, 0.4) is 0 Å². The molecule has 0 N–H and O–H groups in total. The van der Waals surface area contributed by atoms with Crippen LogP contribution >= 0.6 is 0 Å². The van der Waals surface area contributed by atoms with Crippen molar-refractivity contribution in [2.75, 3.05) is 13.1 Å². The third kappa shape index (κ3) is 2.37. The van der Waals surface area contributed by atoms with Gasteiger partial charge in [-0.05, 0) is 30.7 Å². The monoisotopic (exact) mass is 322 g/mol. The molecule has 2 aliphatic rings. The highest BCUT2D eigenvalue weighted by Crippen LogP contribution is 2.39. The quantitative estimate of drug-likeness (QED) is 0.852. The van der Waals surface area contributed by atoms with Crippen molar-refractivity contribution in [1.29, 1.82) is 0 Å². The van der Waals surface area contributed by atoms with Crippen LogP contribution < -0.4 is 4.74 Å². The lowest BCUT2D eigenvalue weighted by Gasteiger charge is -2.51. The maximum absolute atomic E-state index is 12.6. The van der Waals surface area contributed by atoms with Crippen LogP contribution in [-0.4, -0.2) is 40.3 Å². The van der Waals surface area contributed by atoms with Crippen LogP contribution in [0.5, 0.6) is 5.75 Å².